The fourth-order valence-electron chi connectivity index (χ4n) is 2.78. The van der Waals surface area contributed by atoms with Gasteiger partial charge in [0.25, 0.3) is 0 Å². The van der Waals surface area contributed by atoms with Crippen LogP contribution in [0.3, 0.4) is 0 Å². The van der Waals surface area contributed by atoms with Crippen LogP contribution in [0.2, 0.25) is 0 Å². The molecule has 2 aromatic carbocycles. The van der Waals surface area contributed by atoms with E-state index in [0.717, 1.165) is 5.56 Å². The van der Waals surface area contributed by atoms with Crippen molar-refractivity contribution in [2.24, 2.45) is 0 Å². The minimum absolute atomic E-state index is 0.286. The monoisotopic (exact) mass is 381 g/mol. The highest BCUT2D eigenvalue weighted by atomic mass is 19.1. The second kappa shape index (κ2) is 8.90. The lowest BCUT2D eigenvalue weighted by molar-refractivity contribution is -0.136. The van der Waals surface area contributed by atoms with Gasteiger partial charge >= 0.3 is 11.8 Å². The van der Waals surface area contributed by atoms with Crippen LogP contribution in [-0.4, -0.2) is 32.6 Å². The van der Waals surface area contributed by atoms with Crippen LogP contribution in [0.4, 0.5) is 10.1 Å². The van der Waals surface area contributed by atoms with Crippen molar-refractivity contribution in [3.05, 3.63) is 78.1 Å². The topological polar surface area (TPSA) is 88.9 Å². The maximum Gasteiger partial charge on any atom is 0.313 e. The number of para-hydroxylation sites is 1. The zero-order chi connectivity index (χ0) is 19.9. The summed E-state index contributed by atoms with van der Waals surface area (Å²) in [6.07, 6.45) is 3.27. The van der Waals surface area contributed by atoms with E-state index in [9.17, 15) is 14.0 Å². The molecule has 3 rings (SSSR count). The lowest BCUT2D eigenvalue weighted by Crippen LogP contribution is -2.41. The first-order valence-electron chi connectivity index (χ1n) is 8.78. The number of rotatable bonds is 6. The number of amides is 2. The zero-order valence-corrected chi connectivity index (χ0v) is 15.3. The van der Waals surface area contributed by atoms with Gasteiger partial charge in [0.15, 0.2) is 0 Å². The van der Waals surface area contributed by atoms with E-state index in [1.165, 1.54) is 12.4 Å². The lowest BCUT2D eigenvalue weighted by atomic mass is 10.1. The molecule has 3 aromatic rings. The Morgan fingerprint density at radius 2 is 1.79 bits per heavy atom. The third-order valence-electron chi connectivity index (χ3n) is 4.13. The average molecular weight is 381 g/mol. The fourth-order valence-corrected chi connectivity index (χ4v) is 2.78. The van der Waals surface area contributed by atoms with Crippen molar-refractivity contribution in [1.29, 1.82) is 0 Å². The van der Waals surface area contributed by atoms with Crippen LogP contribution in [0.15, 0.2) is 61.2 Å². The Morgan fingerprint density at radius 3 is 2.50 bits per heavy atom. The molecule has 0 radical (unpaired) electrons. The van der Waals surface area contributed by atoms with E-state index < -0.39 is 17.9 Å². The van der Waals surface area contributed by atoms with Crippen LogP contribution in [0.1, 0.15) is 18.1 Å². The normalized spacial score (nSPS) is 11.6. The molecule has 1 atom stereocenters. The molecule has 0 aliphatic heterocycles. The molecule has 8 heteroatoms. The number of hydrogen-bond donors (Lipinski definition) is 2. The Labute approximate surface area is 161 Å². The molecule has 28 heavy (non-hydrogen) atoms. The predicted molar refractivity (Wildman–Crippen MR) is 102 cm³/mol. The molecule has 2 N–H and O–H groups in total. The molecule has 0 spiro atoms. The van der Waals surface area contributed by atoms with E-state index in [1.54, 1.807) is 48.3 Å². The predicted octanol–water partition coefficient (Wildman–Crippen LogP) is 2.15. The third-order valence-corrected chi connectivity index (χ3v) is 4.13. The summed E-state index contributed by atoms with van der Waals surface area (Å²) in [7, 11) is 0. The minimum atomic E-state index is -0.786. The van der Waals surface area contributed by atoms with Gasteiger partial charge in [-0.05, 0) is 36.6 Å². The van der Waals surface area contributed by atoms with E-state index in [1.807, 2.05) is 12.1 Å². The van der Waals surface area contributed by atoms with Gasteiger partial charge in [-0.1, -0.05) is 36.4 Å². The molecule has 1 unspecified atom stereocenters. The smallest absolute Gasteiger partial charge is 0.313 e. The van der Waals surface area contributed by atoms with Crippen LogP contribution in [0.5, 0.6) is 0 Å². The molecule has 7 nitrogen and oxygen atoms in total. The summed E-state index contributed by atoms with van der Waals surface area (Å²) >= 11 is 0. The van der Waals surface area contributed by atoms with Crippen molar-refractivity contribution >= 4 is 17.5 Å². The summed E-state index contributed by atoms with van der Waals surface area (Å²) in [5.74, 6) is -1.90. The van der Waals surface area contributed by atoms with Crippen LogP contribution in [-0.2, 0) is 22.6 Å². The number of aromatic nitrogens is 3. The van der Waals surface area contributed by atoms with Crippen LogP contribution in [0.25, 0.3) is 0 Å². The zero-order valence-electron chi connectivity index (χ0n) is 15.3. The van der Waals surface area contributed by atoms with Gasteiger partial charge in [-0.2, -0.15) is 5.10 Å². The van der Waals surface area contributed by atoms with Gasteiger partial charge in [-0.3, -0.25) is 9.59 Å². The van der Waals surface area contributed by atoms with Crippen molar-refractivity contribution in [3.63, 3.8) is 0 Å². The summed E-state index contributed by atoms with van der Waals surface area (Å²) in [6.45, 7) is 2.12. The van der Waals surface area contributed by atoms with E-state index in [0.29, 0.717) is 17.8 Å². The second-order valence-corrected chi connectivity index (χ2v) is 6.37. The Morgan fingerprint density at radius 1 is 1.07 bits per heavy atom. The highest BCUT2D eigenvalue weighted by molar-refractivity contribution is 6.39. The number of carbonyl (C=O) groups excluding carboxylic acids is 2. The number of nitrogens with zero attached hydrogens (tertiary/aromatic N) is 3. The summed E-state index contributed by atoms with van der Waals surface area (Å²) in [4.78, 5) is 28.4. The summed E-state index contributed by atoms with van der Waals surface area (Å²) in [5.41, 5.74) is 1.78. The molecular weight excluding hydrogens is 361 g/mol. The minimum Gasteiger partial charge on any atom is -0.345 e. The number of halogens is 1. The van der Waals surface area contributed by atoms with E-state index in [4.69, 9.17) is 0 Å². The number of carbonyl (C=O) groups is 2. The van der Waals surface area contributed by atoms with Gasteiger partial charge in [0.05, 0.1) is 6.54 Å². The number of hydrogen-bond acceptors (Lipinski definition) is 4. The van der Waals surface area contributed by atoms with E-state index in [2.05, 4.69) is 20.7 Å². The highest BCUT2D eigenvalue weighted by Gasteiger charge is 2.18. The first-order valence-corrected chi connectivity index (χ1v) is 8.78. The SMILES string of the molecule is CC(Cc1ccccc1F)NC(=O)C(=O)Nc1ccccc1Cn1cncn1. The quantitative estimate of drug-likeness (QED) is 0.641. The largest absolute Gasteiger partial charge is 0.345 e. The molecule has 1 heterocycles. The number of anilines is 1. The maximum absolute atomic E-state index is 13.7. The molecule has 2 amide bonds. The van der Waals surface area contributed by atoms with Crippen molar-refractivity contribution < 1.29 is 14.0 Å². The van der Waals surface area contributed by atoms with Crippen molar-refractivity contribution in [1.82, 2.24) is 20.1 Å². The Balaban J connectivity index is 1.60. The fraction of sp³-hybridized carbons (Fsp3) is 0.200. The summed E-state index contributed by atoms with van der Waals surface area (Å²) < 4.78 is 15.3. The molecule has 0 bridgehead atoms. The average Bonchev–Trinajstić information content (AvgIpc) is 3.18. The Hall–Kier alpha value is -3.55. The lowest BCUT2D eigenvalue weighted by Gasteiger charge is -2.15. The highest BCUT2D eigenvalue weighted by Crippen LogP contribution is 2.16. The first-order chi connectivity index (χ1) is 13.5. The van der Waals surface area contributed by atoms with Crippen molar-refractivity contribution in [2.45, 2.75) is 25.9 Å². The molecule has 0 saturated heterocycles. The van der Waals surface area contributed by atoms with Gasteiger partial charge in [0, 0.05) is 11.7 Å². The Kier molecular flexibility index (Phi) is 6.11. The number of nitrogens with one attached hydrogen (secondary N) is 2. The van der Waals surface area contributed by atoms with Crippen LogP contribution >= 0.6 is 0 Å². The van der Waals surface area contributed by atoms with Gasteiger partial charge in [0.2, 0.25) is 0 Å². The van der Waals surface area contributed by atoms with Crippen LogP contribution in [0, 0.1) is 5.82 Å². The van der Waals surface area contributed by atoms with Crippen LogP contribution < -0.4 is 10.6 Å². The molecule has 144 valence electrons. The van der Waals surface area contributed by atoms with Gasteiger partial charge in [-0.15, -0.1) is 0 Å². The molecule has 0 saturated carbocycles. The molecule has 0 aliphatic carbocycles. The van der Waals surface area contributed by atoms with Gasteiger partial charge < -0.3 is 10.6 Å². The molecule has 0 aliphatic rings. The van der Waals surface area contributed by atoms with E-state index >= 15 is 0 Å². The third kappa shape index (κ3) is 5.00. The molecular formula is C20H20FN5O2. The van der Waals surface area contributed by atoms with Gasteiger partial charge in [-0.25, -0.2) is 14.1 Å². The van der Waals surface area contributed by atoms with Crippen molar-refractivity contribution in [2.75, 3.05) is 5.32 Å². The van der Waals surface area contributed by atoms with Crippen molar-refractivity contribution in [3.8, 4) is 0 Å². The first kappa shape index (κ1) is 19.2. The summed E-state index contributed by atoms with van der Waals surface area (Å²) in [6, 6.07) is 13.1. The van der Waals surface area contributed by atoms with E-state index in [-0.39, 0.29) is 12.2 Å². The number of benzene rings is 2. The molecule has 0 fully saturated rings. The summed E-state index contributed by atoms with van der Waals surface area (Å²) in [5, 5.41) is 9.25. The Bertz CT molecular complexity index is 959. The second-order valence-electron chi connectivity index (χ2n) is 6.37. The van der Waals surface area contributed by atoms with Gasteiger partial charge in [0.1, 0.15) is 18.5 Å². The molecule has 1 aromatic heterocycles. The maximum atomic E-state index is 13.7. The standard InChI is InChI=1S/C20H20FN5O2/c1-14(10-15-6-2-4-8-17(15)21)24-19(27)20(28)25-18-9-5-3-7-16(18)11-26-13-22-12-23-26/h2-9,12-14H,10-11H2,1H3,(H,24,27)(H,25,28).